The van der Waals surface area contributed by atoms with E-state index >= 15 is 0 Å². The van der Waals surface area contributed by atoms with Crippen LogP contribution in [-0.2, 0) is 14.3 Å². The number of hydrazone groups is 1. The Kier molecular flexibility index (Phi) is 7.95. The molecule has 1 atom stereocenters. The lowest BCUT2D eigenvalue weighted by Crippen LogP contribution is -2.43. The van der Waals surface area contributed by atoms with Crippen molar-refractivity contribution in [3.63, 3.8) is 0 Å². The third kappa shape index (κ3) is 5.65. The Bertz CT molecular complexity index is 998. The van der Waals surface area contributed by atoms with Crippen molar-refractivity contribution >= 4 is 17.6 Å². The highest BCUT2D eigenvalue weighted by Gasteiger charge is 2.35. The molecule has 0 saturated carbocycles. The summed E-state index contributed by atoms with van der Waals surface area (Å²) < 4.78 is 10.7. The highest BCUT2D eigenvalue weighted by molar-refractivity contribution is 6.03. The van der Waals surface area contributed by atoms with Crippen molar-refractivity contribution < 1.29 is 19.1 Å². The van der Waals surface area contributed by atoms with Crippen LogP contribution >= 0.6 is 0 Å². The van der Waals surface area contributed by atoms with E-state index in [2.05, 4.69) is 4.90 Å². The van der Waals surface area contributed by atoms with Gasteiger partial charge < -0.3 is 9.47 Å². The Balaban J connectivity index is 1.47. The molecule has 7 nitrogen and oxygen atoms in total. The van der Waals surface area contributed by atoms with E-state index < -0.39 is 0 Å². The van der Waals surface area contributed by atoms with Gasteiger partial charge in [-0.2, -0.15) is 5.10 Å². The van der Waals surface area contributed by atoms with Gasteiger partial charge in [-0.15, -0.1) is 0 Å². The molecule has 0 aromatic heterocycles. The number of amides is 1. The summed E-state index contributed by atoms with van der Waals surface area (Å²) in [5.74, 6) is 0.591. The van der Waals surface area contributed by atoms with Gasteiger partial charge in [0.15, 0.2) is 0 Å². The van der Waals surface area contributed by atoms with Crippen LogP contribution in [0.1, 0.15) is 50.3 Å². The van der Waals surface area contributed by atoms with E-state index in [1.54, 1.807) is 5.01 Å². The van der Waals surface area contributed by atoms with Gasteiger partial charge in [-0.05, 0) is 63.0 Å². The lowest BCUT2D eigenvalue weighted by Gasteiger charge is -2.32. The molecule has 2 aliphatic rings. The summed E-state index contributed by atoms with van der Waals surface area (Å²) in [5, 5.41) is 6.42. The third-order valence-electron chi connectivity index (χ3n) is 6.42. The van der Waals surface area contributed by atoms with Gasteiger partial charge in [0, 0.05) is 6.42 Å². The first-order chi connectivity index (χ1) is 16.6. The largest absolute Gasteiger partial charge is 0.494 e. The second kappa shape index (κ2) is 11.3. The maximum atomic E-state index is 13.4. The number of ether oxygens (including phenoxy) is 2. The maximum Gasteiger partial charge on any atom is 0.309 e. The molecule has 0 spiro atoms. The van der Waals surface area contributed by atoms with Crippen LogP contribution in [-0.4, -0.2) is 60.3 Å². The van der Waals surface area contributed by atoms with Gasteiger partial charge in [0.05, 0.1) is 37.4 Å². The van der Waals surface area contributed by atoms with Crippen LogP contribution in [0.3, 0.4) is 0 Å². The van der Waals surface area contributed by atoms with E-state index in [1.807, 2.05) is 68.4 Å². The number of carbonyl (C=O) groups is 2. The molecule has 1 fully saturated rings. The first kappa shape index (κ1) is 24.0. The number of likely N-dealkylation sites (tertiary alicyclic amines) is 1. The van der Waals surface area contributed by atoms with Crippen LogP contribution in [0.15, 0.2) is 59.7 Å². The number of hydrogen-bond acceptors (Lipinski definition) is 6. The molecular formula is C27H33N3O4. The molecule has 1 saturated heterocycles. The molecule has 180 valence electrons. The minimum Gasteiger partial charge on any atom is -0.494 e. The molecule has 0 N–H and O–H groups in total. The predicted octanol–water partition coefficient (Wildman–Crippen LogP) is 4.04. The van der Waals surface area contributed by atoms with Crippen molar-refractivity contribution in [2.45, 2.75) is 39.2 Å². The normalized spacial score (nSPS) is 19.1. The third-order valence-corrected chi connectivity index (χ3v) is 6.42. The molecule has 2 heterocycles. The molecule has 0 bridgehead atoms. The van der Waals surface area contributed by atoms with Crippen LogP contribution in [0.25, 0.3) is 0 Å². The summed E-state index contributed by atoms with van der Waals surface area (Å²) in [6.07, 6.45) is 2.09. The molecule has 0 aliphatic carbocycles. The molecular weight excluding hydrogens is 430 g/mol. The average Bonchev–Trinajstić information content (AvgIpc) is 3.32. The molecule has 0 radical (unpaired) electrons. The van der Waals surface area contributed by atoms with Crippen molar-refractivity contribution in [2.24, 2.45) is 11.0 Å². The molecule has 1 unspecified atom stereocenters. The fourth-order valence-corrected chi connectivity index (χ4v) is 4.61. The van der Waals surface area contributed by atoms with Gasteiger partial charge in [-0.3, -0.25) is 14.5 Å². The van der Waals surface area contributed by atoms with E-state index in [9.17, 15) is 9.59 Å². The number of esters is 1. The van der Waals surface area contributed by atoms with E-state index in [1.165, 1.54) is 0 Å². The highest BCUT2D eigenvalue weighted by atomic mass is 16.5. The van der Waals surface area contributed by atoms with Gasteiger partial charge in [-0.1, -0.05) is 42.5 Å². The fraction of sp³-hybridized carbons (Fsp3) is 0.444. The highest BCUT2D eigenvalue weighted by Crippen LogP contribution is 2.34. The average molecular weight is 464 g/mol. The van der Waals surface area contributed by atoms with Crippen LogP contribution in [0.4, 0.5) is 0 Å². The predicted molar refractivity (Wildman–Crippen MR) is 131 cm³/mol. The fourth-order valence-electron chi connectivity index (χ4n) is 4.61. The summed E-state index contributed by atoms with van der Waals surface area (Å²) in [6.45, 7) is 6.49. The number of benzene rings is 2. The zero-order chi connectivity index (χ0) is 23.9. The first-order valence-electron chi connectivity index (χ1n) is 12.2. The van der Waals surface area contributed by atoms with Gasteiger partial charge >= 0.3 is 5.97 Å². The number of hydrogen-bond donors (Lipinski definition) is 0. The monoisotopic (exact) mass is 463 g/mol. The van der Waals surface area contributed by atoms with Crippen molar-refractivity contribution in [2.75, 3.05) is 32.8 Å². The summed E-state index contributed by atoms with van der Waals surface area (Å²) in [5.41, 5.74) is 2.98. The molecule has 34 heavy (non-hydrogen) atoms. The van der Waals surface area contributed by atoms with Gasteiger partial charge in [0.25, 0.3) is 5.91 Å². The number of piperidine rings is 1. The summed E-state index contributed by atoms with van der Waals surface area (Å²) in [4.78, 5) is 27.6. The Morgan fingerprint density at radius 3 is 2.32 bits per heavy atom. The van der Waals surface area contributed by atoms with Gasteiger partial charge in [0.1, 0.15) is 5.75 Å². The van der Waals surface area contributed by atoms with Crippen LogP contribution in [0, 0.1) is 5.92 Å². The van der Waals surface area contributed by atoms with E-state index in [0.29, 0.717) is 45.6 Å². The summed E-state index contributed by atoms with van der Waals surface area (Å²) in [7, 11) is 0. The smallest absolute Gasteiger partial charge is 0.309 e. The number of rotatable bonds is 8. The minimum absolute atomic E-state index is 0.0283. The Morgan fingerprint density at radius 2 is 1.68 bits per heavy atom. The minimum atomic E-state index is -0.157. The van der Waals surface area contributed by atoms with Crippen molar-refractivity contribution in [3.05, 3.63) is 65.7 Å². The Hall–Kier alpha value is -3.19. The Labute approximate surface area is 201 Å². The lowest BCUT2D eigenvalue weighted by atomic mass is 9.97. The topological polar surface area (TPSA) is 71.4 Å². The first-order valence-corrected chi connectivity index (χ1v) is 12.2. The summed E-state index contributed by atoms with van der Waals surface area (Å²) >= 11 is 0. The standard InChI is InChI=1S/C27H33N3O4/c1-3-33-23-12-10-21(11-13-23)25-18-24(20-8-6-5-7-9-20)28-30(25)26(31)19-29-16-14-22(15-17-29)27(32)34-4-2/h5-13,22,25H,3-4,14-19H2,1-2H3. The van der Waals surface area contributed by atoms with Gasteiger partial charge in [-0.25, -0.2) is 5.01 Å². The van der Waals surface area contributed by atoms with Crippen molar-refractivity contribution in [1.29, 1.82) is 0 Å². The number of nitrogens with zero attached hydrogens (tertiary/aromatic N) is 3. The quantitative estimate of drug-likeness (QED) is 0.553. The lowest BCUT2D eigenvalue weighted by molar-refractivity contribution is -0.149. The zero-order valence-electron chi connectivity index (χ0n) is 20.0. The van der Waals surface area contributed by atoms with Crippen molar-refractivity contribution in [1.82, 2.24) is 9.91 Å². The van der Waals surface area contributed by atoms with E-state index in [-0.39, 0.29) is 30.4 Å². The second-order valence-electron chi connectivity index (χ2n) is 8.68. The SMILES string of the molecule is CCOC(=O)C1CCN(CC(=O)N2N=C(c3ccccc3)CC2c2ccc(OCC)cc2)CC1. The molecule has 2 aromatic carbocycles. The Morgan fingerprint density at radius 1 is 0.971 bits per heavy atom. The number of carbonyl (C=O) groups excluding carboxylic acids is 2. The van der Waals surface area contributed by atoms with E-state index in [0.717, 1.165) is 22.6 Å². The summed E-state index contributed by atoms with van der Waals surface area (Å²) in [6, 6.07) is 17.8. The van der Waals surface area contributed by atoms with Gasteiger partial charge in [0.2, 0.25) is 0 Å². The zero-order valence-corrected chi connectivity index (χ0v) is 20.0. The second-order valence-corrected chi connectivity index (χ2v) is 8.68. The maximum absolute atomic E-state index is 13.4. The van der Waals surface area contributed by atoms with E-state index in [4.69, 9.17) is 14.6 Å². The van der Waals surface area contributed by atoms with Crippen LogP contribution < -0.4 is 4.74 Å². The van der Waals surface area contributed by atoms with Crippen LogP contribution in [0.2, 0.25) is 0 Å². The molecule has 4 rings (SSSR count). The molecule has 2 aromatic rings. The molecule has 2 aliphatic heterocycles. The van der Waals surface area contributed by atoms with Crippen LogP contribution in [0.5, 0.6) is 5.75 Å². The molecule has 1 amide bonds. The molecule has 7 heteroatoms. The van der Waals surface area contributed by atoms with Crippen molar-refractivity contribution in [3.8, 4) is 5.75 Å².